The first-order valence-corrected chi connectivity index (χ1v) is 15.5. The van der Waals surface area contributed by atoms with Crippen LogP contribution in [0.5, 0.6) is 5.75 Å². The third-order valence-electron chi connectivity index (χ3n) is 7.40. The van der Waals surface area contributed by atoms with Crippen LogP contribution in [0.25, 0.3) is 32.6 Å². The van der Waals surface area contributed by atoms with E-state index in [-0.39, 0.29) is 13.2 Å². The van der Waals surface area contributed by atoms with Crippen LogP contribution in [0.4, 0.5) is 9.18 Å². The van der Waals surface area contributed by atoms with E-state index in [1.807, 2.05) is 5.38 Å². The fraction of sp³-hybridized carbons (Fsp3) is 0.424. The second-order valence-corrected chi connectivity index (χ2v) is 12.9. The molecule has 1 aliphatic rings. The van der Waals surface area contributed by atoms with Crippen molar-refractivity contribution in [2.45, 2.75) is 51.7 Å². The van der Waals surface area contributed by atoms with E-state index < -0.39 is 17.5 Å². The molecule has 0 bridgehead atoms. The van der Waals surface area contributed by atoms with Gasteiger partial charge in [-0.15, -0.1) is 21.5 Å². The minimum absolute atomic E-state index is 0.200. The fourth-order valence-electron chi connectivity index (χ4n) is 5.25. The molecule has 0 spiro atoms. The van der Waals surface area contributed by atoms with E-state index in [1.54, 1.807) is 38.2 Å². The maximum atomic E-state index is 14.3. The second kappa shape index (κ2) is 13.4. The van der Waals surface area contributed by atoms with Crippen molar-refractivity contribution >= 4 is 27.5 Å². The largest absolute Gasteiger partial charge is 0.490 e. The van der Waals surface area contributed by atoms with E-state index in [2.05, 4.69) is 58.8 Å². The predicted octanol–water partition coefficient (Wildman–Crippen LogP) is 6.50. The van der Waals surface area contributed by atoms with Gasteiger partial charge in [0.2, 0.25) is 0 Å². The predicted molar refractivity (Wildman–Crippen MR) is 168 cm³/mol. The molecular formula is C33H39FN4O4S. The number of hydrogen-bond donors (Lipinski definition) is 1. The van der Waals surface area contributed by atoms with Crippen LogP contribution in [0.2, 0.25) is 0 Å². The molecule has 10 heteroatoms. The number of aromatic nitrogens is 2. The van der Waals surface area contributed by atoms with Gasteiger partial charge in [0, 0.05) is 35.2 Å². The van der Waals surface area contributed by atoms with E-state index in [0.717, 1.165) is 40.6 Å². The zero-order chi connectivity index (χ0) is 30.6. The Morgan fingerprint density at radius 1 is 1.05 bits per heavy atom. The van der Waals surface area contributed by atoms with Gasteiger partial charge in [-0.25, -0.2) is 9.18 Å². The summed E-state index contributed by atoms with van der Waals surface area (Å²) in [5, 5.41) is 15.0. The van der Waals surface area contributed by atoms with Gasteiger partial charge >= 0.3 is 6.09 Å². The Labute approximate surface area is 256 Å². The maximum Gasteiger partial charge on any atom is 0.407 e. The molecule has 0 saturated carbocycles. The lowest BCUT2D eigenvalue weighted by Crippen LogP contribution is -2.34. The molecular weight excluding hydrogens is 567 g/mol. The summed E-state index contributed by atoms with van der Waals surface area (Å²) in [6.45, 7) is 6.48. The molecule has 5 rings (SSSR count). The van der Waals surface area contributed by atoms with E-state index in [0.29, 0.717) is 36.2 Å². The summed E-state index contributed by atoms with van der Waals surface area (Å²) >= 11 is 1.58. The number of nitrogens with zero attached hydrogens (tertiary/aromatic N) is 3. The van der Waals surface area contributed by atoms with Crippen molar-refractivity contribution in [3.05, 3.63) is 64.8 Å². The van der Waals surface area contributed by atoms with Crippen molar-refractivity contribution in [3.63, 3.8) is 0 Å². The average molecular weight is 607 g/mol. The van der Waals surface area contributed by atoms with Gasteiger partial charge in [0.1, 0.15) is 35.2 Å². The number of fused-ring (bicyclic) bond motifs is 2. The minimum Gasteiger partial charge on any atom is -0.490 e. The standard InChI is InChI=1S/C33H39FN4O4S/c1-33(2,3)42-32(39)35-13-14-40-15-16-41-28-20-24(34)9-11-26(28)30-31-27(12-17-43-31)29(36-37-30)23-7-6-22-19-25(38(4)5)10-8-21(22)18-23/h6-7,9,11-12,17-18,20,25H,8,10,13-16,19H2,1-5H3,(H,35,39)/t25-/m1/s1. The Morgan fingerprint density at radius 2 is 1.86 bits per heavy atom. The lowest BCUT2D eigenvalue weighted by molar-refractivity contribution is 0.0489. The van der Waals surface area contributed by atoms with E-state index >= 15 is 0 Å². The molecule has 0 radical (unpaired) electrons. The van der Waals surface area contributed by atoms with Crippen LogP contribution in [-0.2, 0) is 22.3 Å². The Kier molecular flexibility index (Phi) is 9.59. The van der Waals surface area contributed by atoms with Crippen LogP contribution in [0.15, 0.2) is 47.8 Å². The number of ether oxygens (including phenoxy) is 3. The number of benzene rings is 2. The summed E-state index contributed by atoms with van der Waals surface area (Å²) in [7, 11) is 4.30. The number of halogens is 1. The Hall–Kier alpha value is -3.60. The van der Waals surface area contributed by atoms with Gasteiger partial charge in [-0.1, -0.05) is 12.1 Å². The van der Waals surface area contributed by atoms with E-state index in [1.165, 1.54) is 23.3 Å². The van der Waals surface area contributed by atoms with Gasteiger partial charge < -0.3 is 24.4 Å². The molecule has 4 aromatic rings. The lowest BCUT2D eigenvalue weighted by Gasteiger charge is -2.30. The van der Waals surface area contributed by atoms with Crippen molar-refractivity contribution < 1.29 is 23.4 Å². The monoisotopic (exact) mass is 606 g/mol. The molecule has 1 atom stereocenters. The number of hydrogen-bond acceptors (Lipinski definition) is 8. The second-order valence-electron chi connectivity index (χ2n) is 11.9. The molecule has 2 heterocycles. The normalized spacial score (nSPS) is 15.0. The number of alkyl carbamates (subject to hydrolysis) is 1. The summed E-state index contributed by atoms with van der Waals surface area (Å²) < 4.78 is 32.0. The molecule has 0 saturated heterocycles. The van der Waals surface area contributed by atoms with Crippen LogP contribution >= 0.6 is 11.3 Å². The van der Waals surface area contributed by atoms with Crippen molar-refractivity contribution in [2.75, 3.05) is 40.5 Å². The topological polar surface area (TPSA) is 85.8 Å². The molecule has 8 nitrogen and oxygen atoms in total. The summed E-state index contributed by atoms with van der Waals surface area (Å²) in [4.78, 5) is 14.0. The van der Waals surface area contributed by atoms with Crippen LogP contribution in [0, 0.1) is 5.82 Å². The number of carbonyl (C=O) groups is 1. The highest BCUT2D eigenvalue weighted by molar-refractivity contribution is 7.17. The van der Waals surface area contributed by atoms with Crippen LogP contribution in [-0.4, -0.2) is 73.3 Å². The van der Waals surface area contributed by atoms with Gasteiger partial charge in [0.25, 0.3) is 0 Å². The van der Waals surface area contributed by atoms with Gasteiger partial charge in [0.05, 0.1) is 17.9 Å². The highest BCUT2D eigenvalue weighted by Crippen LogP contribution is 2.40. The molecule has 0 fully saturated rings. The van der Waals surface area contributed by atoms with Gasteiger partial charge in [0.15, 0.2) is 0 Å². The zero-order valence-corrected chi connectivity index (χ0v) is 26.2. The molecule has 228 valence electrons. The first-order valence-electron chi connectivity index (χ1n) is 14.6. The number of rotatable bonds is 10. The quantitative estimate of drug-likeness (QED) is 0.206. The highest BCUT2D eigenvalue weighted by Gasteiger charge is 2.22. The number of carbonyl (C=O) groups excluding carboxylic acids is 1. The Balaban J connectivity index is 1.27. The highest BCUT2D eigenvalue weighted by atomic mass is 32.1. The van der Waals surface area contributed by atoms with Gasteiger partial charge in [-0.2, -0.15) is 0 Å². The first kappa shape index (κ1) is 30.8. The number of aryl methyl sites for hydroxylation is 1. The molecule has 1 amide bonds. The molecule has 2 aromatic carbocycles. The third kappa shape index (κ3) is 7.68. The minimum atomic E-state index is -0.557. The first-order chi connectivity index (χ1) is 20.6. The van der Waals surface area contributed by atoms with Crippen LogP contribution in [0.1, 0.15) is 38.3 Å². The van der Waals surface area contributed by atoms with Crippen molar-refractivity contribution in [2.24, 2.45) is 0 Å². The Morgan fingerprint density at radius 3 is 2.65 bits per heavy atom. The number of amides is 1. The van der Waals surface area contributed by atoms with Gasteiger partial charge in [-0.05, 0) is 94.9 Å². The number of thiophene rings is 1. The molecule has 1 aliphatic carbocycles. The Bertz CT molecular complexity index is 1580. The maximum absolute atomic E-state index is 14.3. The number of nitrogens with one attached hydrogen (secondary N) is 1. The fourth-order valence-corrected chi connectivity index (χ4v) is 6.15. The van der Waals surface area contributed by atoms with E-state index in [4.69, 9.17) is 14.2 Å². The number of likely N-dealkylation sites (N-methyl/N-ethyl adjacent to an activating group) is 1. The molecule has 0 unspecified atom stereocenters. The molecule has 1 N–H and O–H groups in total. The van der Waals surface area contributed by atoms with E-state index in [9.17, 15) is 9.18 Å². The van der Waals surface area contributed by atoms with Crippen molar-refractivity contribution in [3.8, 4) is 28.3 Å². The molecule has 2 aromatic heterocycles. The summed E-state index contributed by atoms with van der Waals surface area (Å²) in [6, 6.07) is 13.7. The van der Waals surface area contributed by atoms with Gasteiger partial charge in [-0.3, -0.25) is 0 Å². The van der Waals surface area contributed by atoms with Crippen LogP contribution < -0.4 is 10.1 Å². The third-order valence-corrected chi connectivity index (χ3v) is 8.32. The molecule has 0 aliphatic heterocycles. The van der Waals surface area contributed by atoms with Crippen LogP contribution in [0.3, 0.4) is 0 Å². The summed E-state index contributed by atoms with van der Waals surface area (Å²) in [6.07, 6.45) is 2.75. The summed E-state index contributed by atoms with van der Waals surface area (Å²) in [5.41, 5.74) is 5.43. The average Bonchev–Trinajstić information content (AvgIpc) is 3.45. The van der Waals surface area contributed by atoms with Crippen molar-refractivity contribution in [1.29, 1.82) is 0 Å². The van der Waals surface area contributed by atoms with Crippen molar-refractivity contribution in [1.82, 2.24) is 20.4 Å². The smallest absolute Gasteiger partial charge is 0.407 e. The summed E-state index contributed by atoms with van der Waals surface area (Å²) in [5.74, 6) is -0.0322. The lowest BCUT2D eigenvalue weighted by atomic mass is 9.86. The molecule has 43 heavy (non-hydrogen) atoms. The SMILES string of the molecule is CN(C)[C@@H]1CCc2cc(-c3nnc(-c4ccc(F)cc4OCCOCCNC(=O)OC(C)(C)C)c4sccc34)ccc2C1. The zero-order valence-electron chi connectivity index (χ0n) is 25.4.